The van der Waals surface area contributed by atoms with Crippen LogP contribution in [0, 0.1) is 0 Å². The second-order valence-electron chi connectivity index (χ2n) is 3.88. The molecule has 102 valence electrons. The van der Waals surface area contributed by atoms with Gasteiger partial charge < -0.3 is 10.3 Å². The van der Waals surface area contributed by atoms with Crippen LogP contribution in [0.1, 0.15) is 0 Å². The molecule has 0 amide bonds. The first-order valence-electron chi connectivity index (χ1n) is 5.49. The summed E-state index contributed by atoms with van der Waals surface area (Å²) >= 11 is 5.75. The molecule has 0 saturated carbocycles. The van der Waals surface area contributed by atoms with E-state index in [1.807, 2.05) is 0 Å². The van der Waals surface area contributed by atoms with Gasteiger partial charge in [0.15, 0.2) is 0 Å². The normalized spacial score (nSPS) is 11.6. The van der Waals surface area contributed by atoms with Gasteiger partial charge in [0, 0.05) is 25.5 Å². The Kier molecular flexibility index (Phi) is 4.08. The smallest absolute Gasteiger partial charge is 0.240 e. The van der Waals surface area contributed by atoms with Crippen LogP contribution in [0.4, 0.5) is 5.69 Å². The number of hydrogen-bond acceptors (Lipinski definition) is 4. The number of halogens is 1. The molecule has 0 unspecified atom stereocenters. The summed E-state index contributed by atoms with van der Waals surface area (Å²) in [6.07, 6.45) is 5.01. The van der Waals surface area contributed by atoms with Gasteiger partial charge in [0.1, 0.15) is 0 Å². The number of nitrogens with one attached hydrogen (secondary N) is 1. The van der Waals surface area contributed by atoms with E-state index in [2.05, 4.69) is 9.71 Å². The fourth-order valence-electron chi connectivity index (χ4n) is 1.50. The monoisotopic (exact) mass is 300 g/mol. The molecular formula is C11H13ClN4O2S. The van der Waals surface area contributed by atoms with E-state index >= 15 is 0 Å². The zero-order valence-corrected chi connectivity index (χ0v) is 11.5. The van der Waals surface area contributed by atoms with E-state index in [-0.39, 0.29) is 17.1 Å². The van der Waals surface area contributed by atoms with E-state index in [9.17, 15) is 8.42 Å². The summed E-state index contributed by atoms with van der Waals surface area (Å²) in [7, 11) is -3.58. The Balaban J connectivity index is 2.03. The Bertz CT molecular complexity index is 655. The number of sulfonamides is 1. The third kappa shape index (κ3) is 3.46. The lowest BCUT2D eigenvalue weighted by molar-refractivity contribution is 0.573. The predicted octanol–water partition coefficient (Wildman–Crippen LogP) is 1.10. The van der Waals surface area contributed by atoms with Crippen molar-refractivity contribution in [2.75, 3.05) is 12.3 Å². The van der Waals surface area contributed by atoms with E-state index in [0.29, 0.717) is 11.6 Å². The second-order valence-corrected chi connectivity index (χ2v) is 6.06. The fraction of sp³-hybridized carbons (Fsp3) is 0.182. The summed E-state index contributed by atoms with van der Waals surface area (Å²) in [5.41, 5.74) is 5.82. The summed E-state index contributed by atoms with van der Waals surface area (Å²) in [5.74, 6) is 0. The molecule has 0 atom stereocenters. The molecule has 0 bridgehead atoms. The molecule has 0 aliphatic carbocycles. The summed E-state index contributed by atoms with van der Waals surface area (Å²) in [6, 6.07) is 4.21. The van der Waals surface area contributed by atoms with Crippen LogP contribution in [0.15, 0.2) is 41.8 Å². The number of rotatable bonds is 5. The zero-order valence-electron chi connectivity index (χ0n) is 9.95. The first-order valence-corrected chi connectivity index (χ1v) is 7.35. The Morgan fingerprint density at radius 1 is 1.42 bits per heavy atom. The van der Waals surface area contributed by atoms with Gasteiger partial charge in [-0.25, -0.2) is 18.1 Å². The average molecular weight is 301 g/mol. The molecule has 0 aliphatic heterocycles. The van der Waals surface area contributed by atoms with Gasteiger partial charge in [-0.2, -0.15) is 0 Å². The molecule has 1 aromatic carbocycles. The Labute approximate surface area is 116 Å². The van der Waals surface area contributed by atoms with E-state index < -0.39 is 10.0 Å². The van der Waals surface area contributed by atoms with E-state index in [0.717, 1.165) is 0 Å². The van der Waals surface area contributed by atoms with E-state index in [1.54, 1.807) is 23.3 Å². The topological polar surface area (TPSA) is 90.0 Å². The molecule has 1 heterocycles. The minimum atomic E-state index is -3.58. The van der Waals surface area contributed by atoms with Crippen LogP contribution in [0.25, 0.3) is 0 Å². The largest absolute Gasteiger partial charge is 0.397 e. The van der Waals surface area contributed by atoms with E-state index in [4.69, 9.17) is 17.3 Å². The van der Waals surface area contributed by atoms with Gasteiger partial charge in [0.2, 0.25) is 10.0 Å². The first kappa shape index (κ1) is 13.9. The highest BCUT2D eigenvalue weighted by Gasteiger charge is 2.14. The Hall–Kier alpha value is -1.57. The number of imidazole rings is 1. The molecule has 1 aromatic heterocycles. The van der Waals surface area contributed by atoms with Crippen LogP contribution < -0.4 is 10.5 Å². The van der Waals surface area contributed by atoms with Crippen molar-refractivity contribution in [2.24, 2.45) is 0 Å². The highest BCUT2D eigenvalue weighted by molar-refractivity contribution is 7.89. The molecule has 0 spiro atoms. The summed E-state index contributed by atoms with van der Waals surface area (Å²) < 4.78 is 28.2. The number of hydrogen-bond donors (Lipinski definition) is 2. The number of nitrogens with zero attached hydrogens (tertiary/aromatic N) is 2. The minimum Gasteiger partial charge on any atom is -0.397 e. The van der Waals surface area contributed by atoms with Gasteiger partial charge in [-0.15, -0.1) is 0 Å². The van der Waals surface area contributed by atoms with Crippen molar-refractivity contribution in [1.29, 1.82) is 0 Å². The van der Waals surface area contributed by atoms with Crippen molar-refractivity contribution in [3.05, 3.63) is 41.9 Å². The SMILES string of the molecule is Nc1cc(S(=O)(=O)NCCn2ccnc2)ccc1Cl. The van der Waals surface area contributed by atoms with Crippen molar-refractivity contribution >= 4 is 27.3 Å². The quantitative estimate of drug-likeness (QED) is 0.809. The summed E-state index contributed by atoms with van der Waals surface area (Å²) in [6.45, 7) is 0.767. The molecule has 0 saturated heterocycles. The maximum Gasteiger partial charge on any atom is 0.240 e. The average Bonchev–Trinajstić information content (AvgIpc) is 2.85. The number of nitrogen functional groups attached to an aromatic ring is 1. The summed E-state index contributed by atoms with van der Waals surface area (Å²) in [4.78, 5) is 3.97. The third-order valence-electron chi connectivity index (χ3n) is 2.50. The lowest BCUT2D eigenvalue weighted by Gasteiger charge is -2.08. The van der Waals surface area contributed by atoms with Crippen molar-refractivity contribution in [3.8, 4) is 0 Å². The Morgan fingerprint density at radius 2 is 2.21 bits per heavy atom. The van der Waals surface area contributed by atoms with Crippen molar-refractivity contribution in [2.45, 2.75) is 11.4 Å². The standard InChI is InChI=1S/C11H13ClN4O2S/c12-10-2-1-9(7-11(10)13)19(17,18)15-4-6-16-5-3-14-8-16/h1-3,5,7-8,15H,4,6,13H2. The number of aromatic nitrogens is 2. The lowest BCUT2D eigenvalue weighted by Crippen LogP contribution is -2.27. The third-order valence-corrected chi connectivity index (χ3v) is 4.30. The number of benzene rings is 1. The number of nitrogens with two attached hydrogens (primary N) is 1. The van der Waals surface area contributed by atoms with Crippen LogP contribution in [-0.2, 0) is 16.6 Å². The van der Waals surface area contributed by atoms with Crippen LogP contribution >= 0.6 is 11.6 Å². The fourth-order valence-corrected chi connectivity index (χ4v) is 2.67. The van der Waals surface area contributed by atoms with Gasteiger partial charge in [-0.1, -0.05) is 11.6 Å². The summed E-state index contributed by atoms with van der Waals surface area (Å²) in [5, 5.41) is 0.331. The van der Waals surface area contributed by atoms with E-state index in [1.165, 1.54) is 18.2 Å². The molecule has 6 nitrogen and oxygen atoms in total. The van der Waals surface area contributed by atoms with Gasteiger partial charge >= 0.3 is 0 Å². The lowest BCUT2D eigenvalue weighted by atomic mass is 10.3. The predicted molar refractivity (Wildman–Crippen MR) is 73.3 cm³/mol. The molecule has 8 heteroatoms. The molecule has 0 fully saturated rings. The molecule has 2 aromatic rings. The van der Waals surface area contributed by atoms with Crippen LogP contribution in [-0.4, -0.2) is 24.5 Å². The molecule has 19 heavy (non-hydrogen) atoms. The molecule has 3 N–H and O–H groups in total. The first-order chi connectivity index (χ1) is 8.99. The minimum absolute atomic E-state index is 0.0973. The molecular weight excluding hydrogens is 288 g/mol. The van der Waals surface area contributed by atoms with Crippen molar-refractivity contribution in [3.63, 3.8) is 0 Å². The van der Waals surface area contributed by atoms with Crippen LogP contribution in [0.3, 0.4) is 0 Å². The maximum atomic E-state index is 12.0. The van der Waals surface area contributed by atoms with Crippen molar-refractivity contribution < 1.29 is 8.42 Å². The Morgan fingerprint density at radius 3 is 2.84 bits per heavy atom. The highest BCUT2D eigenvalue weighted by atomic mass is 35.5. The zero-order chi connectivity index (χ0) is 13.9. The van der Waals surface area contributed by atoms with Gasteiger partial charge in [0.05, 0.1) is 21.9 Å². The number of anilines is 1. The molecule has 2 rings (SSSR count). The molecule has 0 radical (unpaired) electrons. The van der Waals surface area contributed by atoms with Gasteiger partial charge in [-0.3, -0.25) is 0 Å². The van der Waals surface area contributed by atoms with Crippen LogP contribution in [0.2, 0.25) is 5.02 Å². The highest BCUT2D eigenvalue weighted by Crippen LogP contribution is 2.21. The van der Waals surface area contributed by atoms with Gasteiger partial charge in [-0.05, 0) is 18.2 Å². The maximum absolute atomic E-state index is 12.0. The van der Waals surface area contributed by atoms with Gasteiger partial charge in [0.25, 0.3) is 0 Å². The van der Waals surface area contributed by atoms with Crippen molar-refractivity contribution in [1.82, 2.24) is 14.3 Å². The molecule has 0 aliphatic rings. The van der Waals surface area contributed by atoms with Crippen LogP contribution in [0.5, 0.6) is 0 Å². The second kappa shape index (κ2) is 5.60.